The van der Waals surface area contributed by atoms with Gasteiger partial charge in [-0.1, -0.05) is 12.1 Å². The second-order valence-corrected chi connectivity index (χ2v) is 4.01. The van der Waals surface area contributed by atoms with Crippen molar-refractivity contribution in [1.82, 2.24) is 9.88 Å². The first-order chi connectivity index (χ1) is 10.1. The third kappa shape index (κ3) is 6.76. The Morgan fingerprint density at radius 1 is 1.29 bits per heavy atom. The van der Waals surface area contributed by atoms with Gasteiger partial charge in [-0.25, -0.2) is 0 Å². The van der Waals surface area contributed by atoms with Crippen LogP contribution in [0.2, 0.25) is 0 Å². The van der Waals surface area contributed by atoms with E-state index in [4.69, 9.17) is 5.41 Å². The van der Waals surface area contributed by atoms with Gasteiger partial charge in [-0.2, -0.15) is 0 Å². The molecule has 0 radical (unpaired) electrons. The lowest BCUT2D eigenvalue weighted by Gasteiger charge is -1.95. The number of allylic oxidation sites excluding steroid dienone is 2. The van der Waals surface area contributed by atoms with Gasteiger partial charge < -0.3 is 9.88 Å². The monoisotopic (exact) mass is 285 g/mol. The quantitative estimate of drug-likeness (QED) is 0.286. The molecule has 1 heterocycles. The van der Waals surface area contributed by atoms with Crippen LogP contribution in [-0.2, 0) is 7.05 Å². The average Bonchev–Trinajstić information content (AvgIpc) is 2.48. The molecule has 2 N–H and O–H groups in total. The summed E-state index contributed by atoms with van der Waals surface area (Å²) in [5.41, 5.74) is 0.708. The van der Waals surface area contributed by atoms with Crippen LogP contribution in [0.5, 0.6) is 0 Å². The number of aromatic nitrogens is 1. The van der Waals surface area contributed by atoms with E-state index in [9.17, 15) is 0 Å². The summed E-state index contributed by atoms with van der Waals surface area (Å²) in [7, 11) is 3.68. The van der Waals surface area contributed by atoms with Gasteiger partial charge in [0.15, 0.2) is 17.2 Å². The Balaban J connectivity index is 2.68. The van der Waals surface area contributed by atoms with Crippen LogP contribution >= 0.6 is 0 Å². The fourth-order valence-corrected chi connectivity index (χ4v) is 1.22. The van der Waals surface area contributed by atoms with Gasteiger partial charge in [0.25, 0.3) is 0 Å². The largest absolute Gasteiger partial charge is 0.394 e. The molecule has 0 bridgehead atoms. The minimum absolute atomic E-state index is 0.0376. The summed E-state index contributed by atoms with van der Waals surface area (Å²) in [6.45, 7) is 1.67. The maximum atomic E-state index is 7.56. The second-order valence-electron chi connectivity index (χ2n) is 4.01. The number of hydrogen-bond donors (Lipinski definition) is 2. The molecular formula is C14H19N7. The minimum atomic E-state index is 0.0376. The molecular weight excluding hydrogens is 266 g/mol. The number of aryl methyl sites for hydroxylation is 1. The summed E-state index contributed by atoms with van der Waals surface area (Å²) in [5.74, 6) is 0.415. The molecule has 0 atom stereocenters. The van der Waals surface area contributed by atoms with Crippen LogP contribution in [0.1, 0.15) is 6.92 Å². The van der Waals surface area contributed by atoms with Crippen molar-refractivity contribution >= 4 is 11.7 Å². The molecule has 0 aliphatic carbocycles. The van der Waals surface area contributed by atoms with Crippen LogP contribution in [0, 0.1) is 5.41 Å². The van der Waals surface area contributed by atoms with E-state index in [2.05, 4.69) is 25.7 Å². The number of nitrogens with one attached hydrogen (secondary N) is 2. The normalized spacial score (nSPS) is 13.7. The lowest BCUT2D eigenvalue weighted by atomic mass is 10.4. The van der Waals surface area contributed by atoms with Crippen molar-refractivity contribution < 1.29 is 0 Å². The van der Waals surface area contributed by atoms with Crippen molar-refractivity contribution in [3.8, 4) is 0 Å². The number of nitrogens with zero attached hydrogens (tertiary/aromatic N) is 5. The smallest absolute Gasteiger partial charge is 0.170 e. The van der Waals surface area contributed by atoms with Crippen LogP contribution in [0.3, 0.4) is 0 Å². The zero-order valence-corrected chi connectivity index (χ0v) is 12.4. The van der Waals surface area contributed by atoms with Gasteiger partial charge in [-0.05, 0) is 37.4 Å². The summed E-state index contributed by atoms with van der Waals surface area (Å²) in [4.78, 5) is 0. The average molecular weight is 285 g/mol. The summed E-state index contributed by atoms with van der Waals surface area (Å²) in [5, 5.41) is 26.0. The van der Waals surface area contributed by atoms with E-state index in [1.807, 2.05) is 36.0 Å². The summed E-state index contributed by atoms with van der Waals surface area (Å²) in [6, 6.07) is 5.63. The maximum Gasteiger partial charge on any atom is 0.170 e. The SMILES string of the molecule is CN/C=C\C=C/C(=N)N=N/C(C)=N/N=c1\ccccn1C. The molecule has 0 aromatic carbocycles. The fraction of sp³-hybridized carbons (Fsp3) is 0.214. The predicted octanol–water partition coefficient (Wildman–Crippen LogP) is 1.98. The van der Waals surface area contributed by atoms with Crippen LogP contribution in [0.15, 0.2) is 69.3 Å². The van der Waals surface area contributed by atoms with E-state index in [1.54, 1.807) is 32.3 Å². The van der Waals surface area contributed by atoms with Crippen molar-refractivity contribution in [2.45, 2.75) is 6.92 Å². The lowest BCUT2D eigenvalue weighted by Crippen LogP contribution is -2.15. The van der Waals surface area contributed by atoms with Gasteiger partial charge in [-0.15, -0.1) is 20.4 Å². The van der Waals surface area contributed by atoms with E-state index < -0.39 is 0 Å². The Bertz CT molecular complexity index is 647. The Morgan fingerprint density at radius 3 is 2.81 bits per heavy atom. The van der Waals surface area contributed by atoms with E-state index in [0.29, 0.717) is 11.3 Å². The maximum absolute atomic E-state index is 7.56. The Hall–Kier alpha value is -2.83. The highest BCUT2D eigenvalue weighted by molar-refractivity contribution is 5.92. The first-order valence-electron chi connectivity index (χ1n) is 6.34. The number of azo groups is 1. The van der Waals surface area contributed by atoms with Gasteiger partial charge in [0.05, 0.1) is 0 Å². The standard InChI is InChI=1S/C14H19N7/c1-12(17-19-13(15)8-4-6-10-16-2)18-20-14-9-5-7-11-21(14)3/h4-11,15-16H,1-3H3/b8-4-,10-6-,15-13?,18-12+,19-17?,20-14+. The molecule has 0 fully saturated rings. The van der Waals surface area contributed by atoms with Crippen LogP contribution in [0.4, 0.5) is 0 Å². The highest BCUT2D eigenvalue weighted by Gasteiger charge is 1.89. The van der Waals surface area contributed by atoms with Gasteiger partial charge in [0.1, 0.15) is 0 Å². The molecule has 0 aliphatic rings. The van der Waals surface area contributed by atoms with E-state index >= 15 is 0 Å². The molecule has 7 nitrogen and oxygen atoms in total. The molecule has 1 rings (SSSR count). The third-order valence-electron chi connectivity index (χ3n) is 2.26. The fourth-order valence-electron chi connectivity index (χ4n) is 1.22. The molecule has 0 unspecified atom stereocenters. The van der Waals surface area contributed by atoms with Crippen molar-refractivity contribution in [2.75, 3.05) is 7.05 Å². The van der Waals surface area contributed by atoms with Gasteiger partial charge in [-0.3, -0.25) is 5.41 Å². The number of hydrogen-bond acceptors (Lipinski definition) is 4. The van der Waals surface area contributed by atoms with Gasteiger partial charge >= 0.3 is 0 Å². The second kappa shape index (κ2) is 9.13. The molecule has 0 amide bonds. The van der Waals surface area contributed by atoms with E-state index in [1.165, 1.54) is 6.08 Å². The Kier molecular flexibility index (Phi) is 7.06. The highest BCUT2D eigenvalue weighted by atomic mass is 15.3. The molecule has 110 valence electrons. The molecule has 7 heteroatoms. The summed E-state index contributed by atoms with van der Waals surface area (Å²) < 4.78 is 1.84. The lowest BCUT2D eigenvalue weighted by molar-refractivity contribution is 0.815. The topological polar surface area (TPSA) is 90.2 Å². The van der Waals surface area contributed by atoms with Crippen LogP contribution < -0.4 is 10.8 Å². The molecule has 0 spiro atoms. The first-order valence-corrected chi connectivity index (χ1v) is 6.34. The van der Waals surface area contributed by atoms with E-state index in [0.717, 1.165) is 0 Å². The molecule has 0 saturated heterocycles. The molecule has 1 aromatic rings. The van der Waals surface area contributed by atoms with Gasteiger partial charge in [0, 0.05) is 20.3 Å². The van der Waals surface area contributed by atoms with Crippen molar-refractivity contribution in [3.05, 3.63) is 54.3 Å². The highest BCUT2D eigenvalue weighted by Crippen LogP contribution is 1.88. The summed E-state index contributed by atoms with van der Waals surface area (Å²) in [6.07, 6.45) is 8.60. The summed E-state index contributed by atoms with van der Waals surface area (Å²) >= 11 is 0. The van der Waals surface area contributed by atoms with E-state index in [-0.39, 0.29) is 5.84 Å². The zero-order chi connectivity index (χ0) is 15.5. The molecule has 21 heavy (non-hydrogen) atoms. The van der Waals surface area contributed by atoms with Crippen molar-refractivity contribution in [3.63, 3.8) is 0 Å². The molecule has 0 saturated carbocycles. The Labute approximate surface area is 123 Å². The number of rotatable bonds is 4. The number of pyridine rings is 1. The zero-order valence-electron chi connectivity index (χ0n) is 12.4. The number of amidine groups is 2. The third-order valence-corrected chi connectivity index (χ3v) is 2.26. The first kappa shape index (κ1) is 16.2. The van der Waals surface area contributed by atoms with Gasteiger partial charge in [0.2, 0.25) is 0 Å². The van der Waals surface area contributed by atoms with Crippen molar-refractivity contribution in [1.29, 1.82) is 5.41 Å². The Morgan fingerprint density at radius 2 is 2.10 bits per heavy atom. The van der Waals surface area contributed by atoms with Crippen LogP contribution in [0.25, 0.3) is 0 Å². The predicted molar refractivity (Wildman–Crippen MR) is 84.0 cm³/mol. The molecule has 0 aliphatic heterocycles. The van der Waals surface area contributed by atoms with Crippen molar-refractivity contribution in [2.24, 2.45) is 27.5 Å². The molecule has 1 aromatic heterocycles. The minimum Gasteiger partial charge on any atom is -0.394 e. The van der Waals surface area contributed by atoms with Crippen LogP contribution in [-0.4, -0.2) is 23.3 Å².